The minimum absolute atomic E-state index is 0.0123. The Hall–Kier alpha value is -1.44. The quantitative estimate of drug-likeness (QED) is 0.742. The van der Waals surface area contributed by atoms with Crippen molar-refractivity contribution < 1.29 is 13.2 Å². The van der Waals surface area contributed by atoms with E-state index in [4.69, 9.17) is 5.14 Å². The molecule has 1 amide bonds. The van der Waals surface area contributed by atoms with Crippen LogP contribution in [0.2, 0.25) is 0 Å². The van der Waals surface area contributed by atoms with Gasteiger partial charge in [0.25, 0.3) is 0 Å². The second-order valence-electron chi connectivity index (χ2n) is 5.24. The largest absolute Gasteiger partial charge is 0.326 e. The van der Waals surface area contributed by atoms with Crippen LogP contribution >= 0.6 is 0 Å². The summed E-state index contributed by atoms with van der Waals surface area (Å²) >= 11 is 0. The summed E-state index contributed by atoms with van der Waals surface area (Å²) in [5, 5.41) is 11.0. The lowest BCUT2D eigenvalue weighted by molar-refractivity contribution is -0.120. The average Bonchev–Trinajstić information content (AvgIpc) is 2.76. The van der Waals surface area contributed by atoms with Crippen LogP contribution in [0.25, 0.3) is 0 Å². The fourth-order valence-electron chi connectivity index (χ4n) is 2.31. The molecule has 2 rings (SSSR count). The molecule has 0 bridgehead atoms. The van der Waals surface area contributed by atoms with Gasteiger partial charge < -0.3 is 10.6 Å². The van der Waals surface area contributed by atoms with Crippen LogP contribution < -0.4 is 15.8 Å². The SMILES string of the molecule is C[C@@H]1CNC[C@H]1C(=O)Nc1ccc(CS(N)(=O)=O)cc1. The van der Waals surface area contributed by atoms with Gasteiger partial charge in [-0.1, -0.05) is 19.1 Å². The third-order valence-corrected chi connectivity index (χ3v) is 4.18. The van der Waals surface area contributed by atoms with E-state index in [-0.39, 0.29) is 17.6 Å². The molecular weight excluding hydrogens is 278 g/mol. The highest BCUT2D eigenvalue weighted by molar-refractivity contribution is 7.88. The molecule has 2 atom stereocenters. The van der Waals surface area contributed by atoms with Gasteiger partial charge in [-0.3, -0.25) is 4.79 Å². The standard InChI is InChI=1S/C13H19N3O3S/c1-9-6-15-7-12(9)13(17)16-11-4-2-10(3-5-11)8-20(14,18)19/h2-5,9,12,15H,6-8H2,1H3,(H,16,17)(H2,14,18,19)/t9-,12-/m1/s1. The second-order valence-corrected chi connectivity index (χ2v) is 6.85. The highest BCUT2D eigenvalue weighted by Gasteiger charge is 2.29. The van der Waals surface area contributed by atoms with Crippen LogP contribution in [0, 0.1) is 11.8 Å². The molecule has 4 N–H and O–H groups in total. The first-order valence-electron chi connectivity index (χ1n) is 6.46. The molecule has 0 spiro atoms. The normalized spacial score (nSPS) is 22.7. The molecule has 1 saturated heterocycles. The first kappa shape index (κ1) is 15.0. The van der Waals surface area contributed by atoms with Crippen molar-refractivity contribution in [1.29, 1.82) is 0 Å². The van der Waals surface area contributed by atoms with Crippen LogP contribution in [-0.2, 0) is 20.6 Å². The lowest BCUT2D eigenvalue weighted by atomic mass is 9.97. The van der Waals surface area contributed by atoms with Gasteiger partial charge in [0.05, 0.1) is 11.7 Å². The molecule has 7 heteroatoms. The zero-order valence-electron chi connectivity index (χ0n) is 11.3. The maximum Gasteiger partial charge on any atom is 0.229 e. The monoisotopic (exact) mass is 297 g/mol. The number of primary sulfonamides is 1. The molecule has 1 aliphatic rings. The Balaban J connectivity index is 1.98. The molecule has 0 unspecified atom stereocenters. The summed E-state index contributed by atoms with van der Waals surface area (Å²) in [6, 6.07) is 6.67. The molecule has 6 nitrogen and oxygen atoms in total. The Morgan fingerprint density at radius 3 is 2.50 bits per heavy atom. The first-order valence-corrected chi connectivity index (χ1v) is 8.18. The zero-order valence-corrected chi connectivity index (χ0v) is 12.1. The fourth-order valence-corrected chi connectivity index (χ4v) is 2.97. The summed E-state index contributed by atoms with van der Waals surface area (Å²) in [5.41, 5.74) is 1.26. The van der Waals surface area contributed by atoms with Crippen molar-refractivity contribution in [3.05, 3.63) is 29.8 Å². The van der Waals surface area contributed by atoms with E-state index in [0.29, 0.717) is 23.7 Å². The molecule has 1 heterocycles. The molecule has 0 radical (unpaired) electrons. The van der Waals surface area contributed by atoms with E-state index in [0.717, 1.165) is 6.54 Å². The number of rotatable bonds is 4. The van der Waals surface area contributed by atoms with E-state index >= 15 is 0 Å². The van der Waals surface area contributed by atoms with Gasteiger partial charge in [-0.2, -0.15) is 0 Å². The third-order valence-electron chi connectivity index (χ3n) is 3.44. The minimum atomic E-state index is -3.53. The van der Waals surface area contributed by atoms with Crippen LogP contribution in [0.5, 0.6) is 0 Å². The van der Waals surface area contributed by atoms with Crippen molar-refractivity contribution in [3.63, 3.8) is 0 Å². The van der Waals surface area contributed by atoms with Crippen molar-refractivity contribution in [2.45, 2.75) is 12.7 Å². The molecule has 1 fully saturated rings. The van der Waals surface area contributed by atoms with Gasteiger partial charge >= 0.3 is 0 Å². The van der Waals surface area contributed by atoms with E-state index in [1.54, 1.807) is 24.3 Å². The number of benzene rings is 1. The van der Waals surface area contributed by atoms with Crippen LogP contribution in [0.15, 0.2) is 24.3 Å². The average molecular weight is 297 g/mol. The van der Waals surface area contributed by atoms with Crippen molar-refractivity contribution in [3.8, 4) is 0 Å². The van der Waals surface area contributed by atoms with Crippen LogP contribution in [0.3, 0.4) is 0 Å². The number of hydrogen-bond donors (Lipinski definition) is 3. The molecule has 0 aliphatic carbocycles. The van der Waals surface area contributed by atoms with Crippen LogP contribution in [0.4, 0.5) is 5.69 Å². The fraction of sp³-hybridized carbons (Fsp3) is 0.462. The van der Waals surface area contributed by atoms with Crippen molar-refractivity contribution in [2.75, 3.05) is 18.4 Å². The summed E-state index contributed by atoms with van der Waals surface area (Å²) in [4.78, 5) is 12.1. The van der Waals surface area contributed by atoms with E-state index in [1.807, 2.05) is 6.92 Å². The smallest absolute Gasteiger partial charge is 0.229 e. The predicted molar refractivity (Wildman–Crippen MR) is 77.4 cm³/mol. The molecular formula is C13H19N3O3S. The predicted octanol–water partition coefficient (Wildman–Crippen LogP) is 0.269. The number of nitrogens with one attached hydrogen (secondary N) is 2. The second kappa shape index (κ2) is 5.90. The molecule has 1 aromatic carbocycles. The van der Waals surface area contributed by atoms with Gasteiger partial charge in [0.15, 0.2) is 0 Å². The maximum absolute atomic E-state index is 12.1. The van der Waals surface area contributed by atoms with E-state index in [9.17, 15) is 13.2 Å². The third kappa shape index (κ3) is 4.03. The topological polar surface area (TPSA) is 101 Å². The summed E-state index contributed by atoms with van der Waals surface area (Å²) in [5.74, 6) is 0.0718. The molecule has 1 aliphatic heterocycles. The van der Waals surface area contributed by atoms with Crippen LogP contribution in [0.1, 0.15) is 12.5 Å². The summed E-state index contributed by atoms with van der Waals surface area (Å²) < 4.78 is 21.9. The maximum atomic E-state index is 12.1. The molecule has 1 aromatic rings. The number of sulfonamides is 1. The number of carbonyl (C=O) groups excluding carboxylic acids is 1. The summed E-state index contributed by atoms with van der Waals surface area (Å²) in [6.45, 7) is 3.58. The zero-order chi connectivity index (χ0) is 14.8. The van der Waals surface area contributed by atoms with E-state index < -0.39 is 10.0 Å². The Morgan fingerprint density at radius 1 is 1.35 bits per heavy atom. The molecule has 20 heavy (non-hydrogen) atoms. The highest BCUT2D eigenvalue weighted by Crippen LogP contribution is 2.19. The Labute approximate surface area is 118 Å². The lowest BCUT2D eigenvalue weighted by Crippen LogP contribution is -2.27. The number of carbonyl (C=O) groups is 1. The van der Waals surface area contributed by atoms with Crippen molar-refractivity contribution in [1.82, 2.24) is 5.32 Å². The highest BCUT2D eigenvalue weighted by atomic mass is 32.2. The van der Waals surface area contributed by atoms with Gasteiger partial charge in [-0.25, -0.2) is 13.6 Å². The Bertz CT molecular complexity index is 583. The van der Waals surface area contributed by atoms with Crippen molar-refractivity contribution in [2.24, 2.45) is 17.0 Å². The van der Waals surface area contributed by atoms with Gasteiger partial charge in [0, 0.05) is 12.2 Å². The molecule has 0 aromatic heterocycles. The van der Waals surface area contributed by atoms with Crippen LogP contribution in [-0.4, -0.2) is 27.4 Å². The number of amides is 1. The number of hydrogen-bond acceptors (Lipinski definition) is 4. The van der Waals surface area contributed by atoms with Gasteiger partial charge in [0.2, 0.25) is 15.9 Å². The molecule has 0 saturated carbocycles. The Morgan fingerprint density at radius 2 is 2.00 bits per heavy atom. The van der Waals surface area contributed by atoms with Gasteiger partial charge in [-0.15, -0.1) is 0 Å². The summed E-state index contributed by atoms with van der Waals surface area (Å²) in [6.07, 6.45) is 0. The minimum Gasteiger partial charge on any atom is -0.326 e. The van der Waals surface area contributed by atoms with Gasteiger partial charge in [0.1, 0.15) is 0 Å². The summed E-state index contributed by atoms with van der Waals surface area (Å²) in [7, 11) is -3.53. The van der Waals surface area contributed by atoms with E-state index in [2.05, 4.69) is 10.6 Å². The Kier molecular flexibility index (Phi) is 4.42. The first-order chi connectivity index (χ1) is 9.35. The number of anilines is 1. The van der Waals surface area contributed by atoms with Crippen molar-refractivity contribution >= 4 is 21.6 Å². The van der Waals surface area contributed by atoms with E-state index in [1.165, 1.54) is 0 Å². The number of nitrogens with two attached hydrogens (primary N) is 1. The lowest BCUT2D eigenvalue weighted by Gasteiger charge is -2.14. The molecule has 110 valence electrons. The van der Waals surface area contributed by atoms with Gasteiger partial charge in [-0.05, 0) is 30.2 Å².